The number of non-ortho nitro benzene ring substituents is 1. The molecule has 1 aromatic carbocycles. The first-order chi connectivity index (χ1) is 12.9. The number of benzene rings is 1. The lowest BCUT2D eigenvalue weighted by molar-refractivity contribution is -0.384. The number of aryl methyl sites for hydroxylation is 1. The van der Waals surface area contributed by atoms with Crippen molar-refractivity contribution in [1.82, 2.24) is 15.1 Å². The Bertz CT molecular complexity index is 959. The van der Waals surface area contributed by atoms with E-state index in [0.29, 0.717) is 18.1 Å². The maximum Gasteiger partial charge on any atom is 0.287 e. The highest BCUT2D eigenvalue weighted by atomic mass is 16.6. The van der Waals surface area contributed by atoms with Gasteiger partial charge in [-0.1, -0.05) is 0 Å². The smallest absolute Gasteiger partial charge is 0.287 e. The molecule has 140 valence electrons. The van der Waals surface area contributed by atoms with Gasteiger partial charge in [0.15, 0.2) is 5.76 Å². The van der Waals surface area contributed by atoms with Crippen LogP contribution in [0.3, 0.4) is 0 Å². The first-order valence-electron chi connectivity index (χ1n) is 8.15. The molecule has 0 aliphatic heterocycles. The van der Waals surface area contributed by atoms with Crippen LogP contribution < -0.4 is 10.1 Å². The monoisotopic (exact) mass is 370 g/mol. The molecule has 0 bridgehead atoms. The quantitative estimate of drug-likeness (QED) is 0.505. The van der Waals surface area contributed by atoms with Gasteiger partial charge in [-0.3, -0.25) is 19.6 Å². The highest BCUT2D eigenvalue weighted by molar-refractivity contribution is 5.91. The fraction of sp³-hybridized carbons (Fsp3) is 0.222. The Morgan fingerprint density at radius 3 is 2.67 bits per heavy atom. The Hall–Kier alpha value is -3.62. The van der Waals surface area contributed by atoms with Gasteiger partial charge in [0.2, 0.25) is 0 Å². The van der Waals surface area contributed by atoms with E-state index in [4.69, 9.17) is 9.15 Å². The van der Waals surface area contributed by atoms with Gasteiger partial charge >= 0.3 is 0 Å². The third-order valence-electron chi connectivity index (χ3n) is 4.09. The number of nitrogens with one attached hydrogen (secondary N) is 1. The fourth-order valence-corrected chi connectivity index (χ4v) is 2.38. The zero-order valence-corrected chi connectivity index (χ0v) is 14.8. The van der Waals surface area contributed by atoms with Crippen LogP contribution in [0.2, 0.25) is 0 Å². The normalized spacial score (nSPS) is 10.6. The van der Waals surface area contributed by atoms with Gasteiger partial charge in [0.05, 0.1) is 11.1 Å². The van der Waals surface area contributed by atoms with Crippen molar-refractivity contribution in [1.29, 1.82) is 0 Å². The maximum atomic E-state index is 12.2. The van der Waals surface area contributed by atoms with Gasteiger partial charge in [0, 0.05) is 37.0 Å². The Labute approximate surface area is 154 Å². The van der Waals surface area contributed by atoms with Gasteiger partial charge in [0.1, 0.15) is 18.1 Å². The Balaban J connectivity index is 1.53. The number of amides is 1. The van der Waals surface area contributed by atoms with Crippen LogP contribution in [0.25, 0.3) is 0 Å². The molecular formula is C18H18N4O5. The predicted octanol–water partition coefficient (Wildman–Crippen LogP) is 2.74. The molecule has 0 saturated carbocycles. The summed E-state index contributed by atoms with van der Waals surface area (Å²) < 4.78 is 12.7. The number of hydrogen-bond donors (Lipinski definition) is 1. The minimum atomic E-state index is -0.478. The minimum absolute atomic E-state index is 0.0110. The van der Waals surface area contributed by atoms with Crippen LogP contribution in [0.15, 0.2) is 47.0 Å². The summed E-state index contributed by atoms with van der Waals surface area (Å²) in [5.41, 5.74) is 1.90. The molecule has 0 saturated heterocycles. The van der Waals surface area contributed by atoms with E-state index < -0.39 is 4.92 Å². The lowest BCUT2D eigenvalue weighted by Crippen LogP contribution is -2.22. The standard InChI is InChI=1S/C18H18N4O5/c1-12-13(10-20-21(12)2)9-19-18(23)17-8-7-16(27-17)11-26-15-5-3-14(4-6-15)22(24)25/h3-8,10H,9,11H2,1-2H3,(H,19,23). The van der Waals surface area contributed by atoms with Crippen LogP contribution in [0, 0.1) is 17.0 Å². The highest BCUT2D eigenvalue weighted by Crippen LogP contribution is 2.19. The summed E-state index contributed by atoms with van der Waals surface area (Å²) in [4.78, 5) is 22.3. The van der Waals surface area contributed by atoms with Crippen molar-refractivity contribution in [3.63, 3.8) is 0 Å². The lowest BCUT2D eigenvalue weighted by atomic mass is 10.2. The Morgan fingerprint density at radius 1 is 1.30 bits per heavy atom. The zero-order valence-electron chi connectivity index (χ0n) is 14.8. The van der Waals surface area contributed by atoms with E-state index in [1.807, 2.05) is 14.0 Å². The van der Waals surface area contributed by atoms with E-state index in [2.05, 4.69) is 10.4 Å². The van der Waals surface area contributed by atoms with Gasteiger partial charge in [-0.25, -0.2) is 0 Å². The van der Waals surface area contributed by atoms with Crippen molar-refractivity contribution in [2.45, 2.75) is 20.1 Å². The minimum Gasteiger partial charge on any atom is -0.486 e. The Kier molecular flexibility index (Phi) is 5.20. The van der Waals surface area contributed by atoms with Crippen LogP contribution in [0.1, 0.15) is 27.6 Å². The highest BCUT2D eigenvalue weighted by Gasteiger charge is 2.13. The summed E-state index contributed by atoms with van der Waals surface area (Å²) in [6, 6.07) is 8.94. The number of furan rings is 1. The summed E-state index contributed by atoms with van der Waals surface area (Å²) in [7, 11) is 1.84. The fourth-order valence-electron chi connectivity index (χ4n) is 2.38. The van der Waals surface area contributed by atoms with Crippen molar-refractivity contribution >= 4 is 11.6 Å². The average Bonchev–Trinajstić information content (AvgIpc) is 3.26. The molecule has 1 amide bonds. The SMILES string of the molecule is Cc1c(CNC(=O)c2ccc(COc3ccc([N+](=O)[O-])cc3)o2)cnn1C. The summed E-state index contributed by atoms with van der Waals surface area (Å²) in [5, 5.41) is 17.5. The predicted molar refractivity (Wildman–Crippen MR) is 95.3 cm³/mol. The van der Waals surface area contributed by atoms with Crippen molar-refractivity contribution in [3.05, 3.63) is 75.5 Å². The van der Waals surface area contributed by atoms with E-state index in [0.717, 1.165) is 11.3 Å². The van der Waals surface area contributed by atoms with Crippen LogP contribution >= 0.6 is 0 Å². The molecule has 0 fully saturated rings. The number of rotatable bonds is 7. The molecular weight excluding hydrogens is 352 g/mol. The molecule has 0 atom stereocenters. The largest absolute Gasteiger partial charge is 0.486 e. The molecule has 2 aromatic heterocycles. The average molecular weight is 370 g/mol. The molecule has 9 heteroatoms. The molecule has 0 unspecified atom stereocenters. The summed E-state index contributed by atoms with van der Waals surface area (Å²) in [6.07, 6.45) is 1.71. The summed E-state index contributed by atoms with van der Waals surface area (Å²) in [5.74, 6) is 0.782. The number of hydrogen-bond acceptors (Lipinski definition) is 6. The molecule has 1 N–H and O–H groups in total. The zero-order chi connectivity index (χ0) is 19.4. The van der Waals surface area contributed by atoms with Crippen molar-refractivity contribution < 1.29 is 18.9 Å². The van der Waals surface area contributed by atoms with Gasteiger partial charge in [0.25, 0.3) is 11.6 Å². The van der Waals surface area contributed by atoms with Crippen molar-refractivity contribution in [3.8, 4) is 5.75 Å². The van der Waals surface area contributed by atoms with Gasteiger partial charge in [-0.2, -0.15) is 5.10 Å². The first-order valence-corrected chi connectivity index (χ1v) is 8.15. The number of carbonyl (C=O) groups is 1. The number of aromatic nitrogens is 2. The van der Waals surface area contributed by atoms with Crippen LogP contribution in [-0.4, -0.2) is 20.6 Å². The summed E-state index contributed by atoms with van der Waals surface area (Å²) in [6.45, 7) is 2.38. The van der Waals surface area contributed by atoms with E-state index in [-0.39, 0.29) is 24.0 Å². The number of nitro benzene ring substituents is 1. The van der Waals surface area contributed by atoms with Crippen LogP contribution in [0.4, 0.5) is 5.69 Å². The van der Waals surface area contributed by atoms with Gasteiger partial charge < -0.3 is 14.5 Å². The van der Waals surface area contributed by atoms with Crippen molar-refractivity contribution in [2.75, 3.05) is 0 Å². The second-order valence-corrected chi connectivity index (χ2v) is 5.87. The molecule has 27 heavy (non-hydrogen) atoms. The number of nitro groups is 1. The molecule has 0 aliphatic rings. The summed E-state index contributed by atoms with van der Waals surface area (Å²) >= 11 is 0. The number of ether oxygens (including phenoxy) is 1. The molecule has 9 nitrogen and oxygen atoms in total. The van der Waals surface area contributed by atoms with E-state index in [1.165, 1.54) is 24.3 Å². The van der Waals surface area contributed by atoms with Crippen LogP contribution in [-0.2, 0) is 20.2 Å². The van der Waals surface area contributed by atoms with E-state index >= 15 is 0 Å². The first kappa shape index (κ1) is 18.2. The van der Waals surface area contributed by atoms with Crippen LogP contribution in [0.5, 0.6) is 5.75 Å². The molecule has 2 heterocycles. The van der Waals surface area contributed by atoms with Gasteiger partial charge in [-0.15, -0.1) is 0 Å². The molecule has 0 aliphatic carbocycles. The number of nitrogens with zero attached hydrogens (tertiary/aromatic N) is 3. The molecule has 3 rings (SSSR count). The maximum absolute atomic E-state index is 12.2. The topological polar surface area (TPSA) is 112 Å². The second-order valence-electron chi connectivity index (χ2n) is 5.87. The van der Waals surface area contributed by atoms with E-state index in [1.54, 1.807) is 23.0 Å². The third kappa shape index (κ3) is 4.32. The molecule has 0 radical (unpaired) electrons. The lowest BCUT2D eigenvalue weighted by Gasteiger charge is -2.04. The van der Waals surface area contributed by atoms with Crippen molar-refractivity contribution in [2.24, 2.45) is 7.05 Å². The Morgan fingerprint density at radius 2 is 2.04 bits per heavy atom. The van der Waals surface area contributed by atoms with Gasteiger partial charge in [-0.05, 0) is 31.2 Å². The third-order valence-corrected chi connectivity index (χ3v) is 4.09. The second kappa shape index (κ2) is 7.73. The number of carbonyl (C=O) groups excluding carboxylic acids is 1. The van der Waals surface area contributed by atoms with E-state index in [9.17, 15) is 14.9 Å². The molecule has 0 spiro atoms. The molecule has 3 aromatic rings.